The van der Waals surface area contributed by atoms with Crippen molar-refractivity contribution in [3.8, 4) is 0 Å². The van der Waals surface area contributed by atoms with E-state index in [-0.39, 0.29) is 32.9 Å². The van der Waals surface area contributed by atoms with Gasteiger partial charge in [-0.1, -0.05) is 60.0 Å². The molecule has 1 fully saturated rings. The Kier molecular flexibility index (Phi) is 10.1. The molecule has 1 amide bonds. The third-order valence-corrected chi connectivity index (χ3v) is 9.48. The standard InChI is InChI=1S/C29H31Cl2N5O5S/c1-35(24-10-3-4-11-25(24)42(40,41)36-16-5-2-6-17-36)29(32)34-23(28(38)39)18-19-12-14-20(15-13-19)33-27(37)26-21(30)8-7-9-22(26)31/h3-4,7-15,23H,2,5-6,16-18H2,1H3,(H2,32,34)(H,33,37)(H,38,39)/t23-/m0/s1. The van der Waals surface area contributed by atoms with Crippen LogP contribution in [0, 0.1) is 0 Å². The van der Waals surface area contributed by atoms with Gasteiger partial charge >= 0.3 is 5.97 Å². The molecular weight excluding hydrogens is 601 g/mol. The molecule has 0 aliphatic carbocycles. The van der Waals surface area contributed by atoms with E-state index in [1.807, 2.05) is 0 Å². The number of piperidine rings is 1. The largest absolute Gasteiger partial charge is 0.480 e. The lowest BCUT2D eigenvalue weighted by molar-refractivity contribution is -0.138. The Morgan fingerprint density at radius 1 is 1.00 bits per heavy atom. The molecule has 1 saturated heterocycles. The van der Waals surface area contributed by atoms with Crippen LogP contribution in [0.2, 0.25) is 10.0 Å². The molecule has 0 bridgehead atoms. The molecule has 0 radical (unpaired) electrons. The minimum atomic E-state index is -3.78. The summed E-state index contributed by atoms with van der Waals surface area (Å²) in [4.78, 5) is 30.4. The summed E-state index contributed by atoms with van der Waals surface area (Å²) < 4.78 is 28.3. The van der Waals surface area contributed by atoms with E-state index < -0.39 is 27.9 Å². The number of aliphatic carboxylic acids is 1. The van der Waals surface area contributed by atoms with Crippen LogP contribution in [0.3, 0.4) is 0 Å². The maximum atomic E-state index is 13.4. The van der Waals surface area contributed by atoms with Gasteiger partial charge in [0.15, 0.2) is 12.0 Å². The second kappa shape index (κ2) is 13.6. The molecule has 1 atom stereocenters. The number of nitrogens with one attached hydrogen (secondary N) is 1. The number of aliphatic imine (C=N–C) groups is 1. The van der Waals surface area contributed by atoms with Gasteiger partial charge in [0.25, 0.3) is 5.91 Å². The van der Waals surface area contributed by atoms with Crippen molar-refractivity contribution in [2.75, 3.05) is 30.4 Å². The molecule has 42 heavy (non-hydrogen) atoms. The Morgan fingerprint density at radius 2 is 1.62 bits per heavy atom. The van der Waals surface area contributed by atoms with E-state index in [0.29, 0.717) is 30.0 Å². The number of guanidine groups is 1. The molecule has 3 aromatic rings. The molecule has 0 saturated carbocycles. The number of hydrogen-bond acceptors (Lipinski definition) is 5. The van der Waals surface area contributed by atoms with Crippen molar-refractivity contribution in [3.05, 3.63) is 87.9 Å². The fraction of sp³-hybridized carbons (Fsp3) is 0.276. The second-order valence-corrected chi connectivity index (χ2v) is 12.5. The third kappa shape index (κ3) is 7.22. The normalized spacial score (nSPS) is 15.2. The van der Waals surface area contributed by atoms with Gasteiger partial charge in [-0.3, -0.25) is 4.79 Å². The van der Waals surface area contributed by atoms with Crippen molar-refractivity contribution in [2.24, 2.45) is 10.7 Å². The number of rotatable bonds is 9. The minimum Gasteiger partial charge on any atom is -0.480 e. The summed E-state index contributed by atoms with van der Waals surface area (Å²) >= 11 is 12.2. The van der Waals surface area contributed by atoms with Crippen molar-refractivity contribution in [1.82, 2.24) is 4.31 Å². The Labute approximate surface area is 254 Å². The van der Waals surface area contributed by atoms with Gasteiger partial charge < -0.3 is 21.1 Å². The molecule has 10 nitrogen and oxygen atoms in total. The highest BCUT2D eigenvalue weighted by molar-refractivity contribution is 7.89. The maximum absolute atomic E-state index is 13.4. The van der Waals surface area contributed by atoms with E-state index in [0.717, 1.165) is 19.3 Å². The van der Waals surface area contributed by atoms with Crippen LogP contribution in [0.5, 0.6) is 0 Å². The molecule has 13 heteroatoms. The lowest BCUT2D eigenvalue weighted by Crippen LogP contribution is -2.39. The minimum absolute atomic E-state index is 0.00215. The van der Waals surface area contributed by atoms with Crippen LogP contribution in [-0.2, 0) is 21.2 Å². The van der Waals surface area contributed by atoms with E-state index in [1.165, 1.54) is 15.3 Å². The summed E-state index contributed by atoms with van der Waals surface area (Å²) in [5.74, 6) is -1.83. The van der Waals surface area contributed by atoms with Crippen LogP contribution in [-0.4, -0.2) is 61.8 Å². The van der Waals surface area contributed by atoms with Gasteiger partial charge in [0, 0.05) is 32.2 Å². The van der Waals surface area contributed by atoms with Crippen molar-refractivity contribution in [2.45, 2.75) is 36.6 Å². The van der Waals surface area contributed by atoms with Crippen molar-refractivity contribution >= 4 is 62.4 Å². The van der Waals surface area contributed by atoms with Crippen LogP contribution in [0.1, 0.15) is 35.2 Å². The van der Waals surface area contributed by atoms with Gasteiger partial charge in [-0.15, -0.1) is 0 Å². The number of halogens is 2. The summed E-state index contributed by atoms with van der Waals surface area (Å²) in [6.45, 7) is 0.891. The molecule has 3 aromatic carbocycles. The summed E-state index contributed by atoms with van der Waals surface area (Å²) in [6.07, 6.45) is 2.58. The average molecular weight is 633 g/mol. The van der Waals surface area contributed by atoms with Gasteiger partial charge in [-0.05, 0) is 54.8 Å². The van der Waals surface area contributed by atoms with E-state index in [1.54, 1.807) is 67.7 Å². The first-order valence-corrected chi connectivity index (χ1v) is 15.4. The zero-order valence-corrected chi connectivity index (χ0v) is 25.2. The fourth-order valence-electron chi connectivity index (χ4n) is 4.61. The number of carboxylic acid groups (broad SMARTS) is 1. The number of nitrogens with zero attached hydrogens (tertiary/aromatic N) is 3. The van der Waals surface area contributed by atoms with Crippen LogP contribution >= 0.6 is 23.2 Å². The summed E-state index contributed by atoms with van der Waals surface area (Å²) in [7, 11) is -2.23. The van der Waals surface area contributed by atoms with Crippen molar-refractivity contribution < 1.29 is 23.1 Å². The highest BCUT2D eigenvalue weighted by Gasteiger charge is 2.30. The van der Waals surface area contributed by atoms with E-state index >= 15 is 0 Å². The Balaban J connectivity index is 1.50. The Hall–Kier alpha value is -3.64. The van der Waals surface area contributed by atoms with Gasteiger partial charge in [0.2, 0.25) is 10.0 Å². The Bertz CT molecular complexity index is 1570. The van der Waals surface area contributed by atoms with E-state index in [9.17, 15) is 23.1 Å². The molecule has 0 aromatic heterocycles. The molecule has 222 valence electrons. The van der Waals surface area contributed by atoms with Crippen LogP contribution in [0.25, 0.3) is 0 Å². The maximum Gasteiger partial charge on any atom is 0.328 e. The zero-order valence-electron chi connectivity index (χ0n) is 22.8. The highest BCUT2D eigenvalue weighted by atomic mass is 35.5. The quantitative estimate of drug-likeness (QED) is 0.226. The molecule has 1 aliphatic heterocycles. The van der Waals surface area contributed by atoms with Gasteiger partial charge in [0.1, 0.15) is 4.90 Å². The molecule has 1 heterocycles. The van der Waals surface area contributed by atoms with Crippen LogP contribution < -0.4 is 16.0 Å². The van der Waals surface area contributed by atoms with Crippen LogP contribution in [0.15, 0.2) is 76.6 Å². The average Bonchev–Trinajstić information content (AvgIpc) is 2.97. The first kappa shape index (κ1) is 31.3. The second-order valence-electron chi connectivity index (χ2n) is 9.78. The Morgan fingerprint density at radius 3 is 2.24 bits per heavy atom. The van der Waals surface area contributed by atoms with Gasteiger partial charge in [-0.2, -0.15) is 4.31 Å². The van der Waals surface area contributed by atoms with Crippen LogP contribution in [0.4, 0.5) is 11.4 Å². The fourth-order valence-corrected chi connectivity index (χ4v) is 6.92. The number of sulfonamides is 1. The van der Waals surface area contributed by atoms with Gasteiger partial charge in [0.05, 0.1) is 21.3 Å². The molecule has 4 N–H and O–H groups in total. The number of hydrogen-bond donors (Lipinski definition) is 3. The smallest absolute Gasteiger partial charge is 0.328 e. The summed E-state index contributed by atoms with van der Waals surface area (Å²) in [5.41, 5.74) is 7.76. The zero-order chi connectivity index (χ0) is 30.4. The lowest BCUT2D eigenvalue weighted by atomic mass is 10.1. The van der Waals surface area contributed by atoms with E-state index in [4.69, 9.17) is 28.9 Å². The molecule has 1 aliphatic rings. The monoisotopic (exact) mass is 631 g/mol. The number of para-hydroxylation sites is 1. The first-order chi connectivity index (χ1) is 20.0. The SMILES string of the molecule is CN(C(N)=N[C@@H](Cc1ccc(NC(=O)c2c(Cl)cccc2Cl)cc1)C(=O)O)c1ccccc1S(=O)(=O)N1CCCCC1. The topological polar surface area (TPSA) is 145 Å². The number of amides is 1. The number of nitrogens with two attached hydrogens (primary N) is 1. The molecule has 4 rings (SSSR count). The highest BCUT2D eigenvalue weighted by Crippen LogP contribution is 2.29. The van der Waals surface area contributed by atoms with E-state index in [2.05, 4.69) is 10.3 Å². The third-order valence-electron chi connectivity index (χ3n) is 6.91. The number of carbonyl (C=O) groups is 2. The summed E-state index contributed by atoms with van der Waals surface area (Å²) in [6, 6.07) is 16.5. The number of benzene rings is 3. The van der Waals surface area contributed by atoms with Gasteiger partial charge in [-0.25, -0.2) is 18.2 Å². The predicted octanol–water partition coefficient (Wildman–Crippen LogP) is 4.87. The first-order valence-electron chi connectivity index (χ1n) is 13.2. The number of carbonyl (C=O) groups excluding carboxylic acids is 1. The lowest BCUT2D eigenvalue weighted by Gasteiger charge is -2.28. The molecular formula is C29H31Cl2N5O5S. The molecule has 0 unspecified atom stereocenters. The number of carboxylic acids is 1. The summed E-state index contributed by atoms with van der Waals surface area (Å²) in [5, 5.41) is 13.0. The molecule has 0 spiro atoms. The van der Waals surface area contributed by atoms with Crippen molar-refractivity contribution in [3.63, 3.8) is 0 Å². The van der Waals surface area contributed by atoms with Crippen molar-refractivity contribution in [1.29, 1.82) is 0 Å². The predicted molar refractivity (Wildman–Crippen MR) is 165 cm³/mol. The number of anilines is 2.